The molecule has 2 amide bonds. The fourth-order valence-electron chi connectivity index (χ4n) is 2.55. The van der Waals surface area contributed by atoms with Crippen molar-refractivity contribution in [2.24, 2.45) is 0 Å². The molecule has 2 aromatic rings. The van der Waals surface area contributed by atoms with Crippen LogP contribution in [0, 0.1) is 0 Å². The predicted molar refractivity (Wildman–Crippen MR) is 101 cm³/mol. The molecule has 2 aromatic carbocycles. The summed E-state index contributed by atoms with van der Waals surface area (Å²) in [5.74, 6) is -0.375. The van der Waals surface area contributed by atoms with Crippen LogP contribution in [-0.4, -0.2) is 29.8 Å². The predicted octanol–water partition coefficient (Wildman–Crippen LogP) is 3.70. The zero-order valence-corrected chi connectivity index (χ0v) is 15.6. The van der Waals surface area contributed by atoms with Crippen LogP contribution in [0.3, 0.4) is 0 Å². The normalized spacial score (nSPS) is 11.7. The highest BCUT2D eigenvalue weighted by Crippen LogP contribution is 2.17. The Hall–Kier alpha value is -2.04. The SMILES string of the molecule is CNC(=O)C(C)N(Cc1cccc(Cl)c1)C(=O)Cc1cccc(Cl)c1. The highest BCUT2D eigenvalue weighted by Gasteiger charge is 2.25. The summed E-state index contributed by atoms with van der Waals surface area (Å²) in [6.45, 7) is 2.01. The number of hydrogen-bond acceptors (Lipinski definition) is 2. The smallest absolute Gasteiger partial charge is 0.242 e. The Balaban J connectivity index is 2.23. The standard InChI is InChI=1S/C19H20Cl2N2O2/c1-13(19(25)22-2)23(12-15-6-4-8-17(21)10-15)18(24)11-14-5-3-7-16(20)9-14/h3-10,13H,11-12H2,1-2H3,(H,22,25). The quantitative estimate of drug-likeness (QED) is 0.832. The van der Waals surface area contributed by atoms with E-state index < -0.39 is 6.04 Å². The first-order chi connectivity index (χ1) is 11.9. The maximum absolute atomic E-state index is 12.8. The molecule has 132 valence electrons. The minimum absolute atomic E-state index is 0.154. The fraction of sp³-hybridized carbons (Fsp3) is 0.263. The van der Waals surface area contributed by atoms with Crippen molar-refractivity contribution in [1.82, 2.24) is 10.2 Å². The van der Waals surface area contributed by atoms with Crippen LogP contribution in [0.5, 0.6) is 0 Å². The monoisotopic (exact) mass is 378 g/mol. The molecular weight excluding hydrogens is 359 g/mol. The second-order valence-electron chi connectivity index (χ2n) is 5.75. The van der Waals surface area contributed by atoms with Gasteiger partial charge in [-0.25, -0.2) is 0 Å². The molecule has 0 saturated heterocycles. The Labute approximate surface area is 157 Å². The Bertz CT molecular complexity index is 765. The first-order valence-electron chi connectivity index (χ1n) is 7.90. The largest absolute Gasteiger partial charge is 0.357 e. The molecule has 4 nitrogen and oxygen atoms in total. The topological polar surface area (TPSA) is 49.4 Å². The lowest BCUT2D eigenvalue weighted by Gasteiger charge is -2.28. The molecule has 2 rings (SSSR count). The van der Waals surface area contributed by atoms with Gasteiger partial charge in [-0.05, 0) is 42.3 Å². The summed E-state index contributed by atoms with van der Waals surface area (Å²) in [6.07, 6.45) is 0.169. The van der Waals surface area contributed by atoms with E-state index in [9.17, 15) is 9.59 Å². The molecule has 0 bridgehead atoms. The van der Waals surface area contributed by atoms with E-state index >= 15 is 0 Å². The third-order valence-corrected chi connectivity index (χ3v) is 4.37. The van der Waals surface area contributed by atoms with Gasteiger partial charge in [0.05, 0.1) is 6.42 Å². The van der Waals surface area contributed by atoms with E-state index in [-0.39, 0.29) is 18.2 Å². The Kier molecular flexibility index (Phi) is 6.85. The lowest BCUT2D eigenvalue weighted by atomic mass is 10.1. The van der Waals surface area contributed by atoms with E-state index in [4.69, 9.17) is 23.2 Å². The number of nitrogens with one attached hydrogen (secondary N) is 1. The maximum atomic E-state index is 12.8. The molecule has 25 heavy (non-hydrogen) atoms. The van der Waals surface area contributed by atoms with Crippen LogP contribution in [0.25, 0.3) is 0 Å². The second-order valence-corrected chi connectivity index (χ2v) is 6.62. The van der Waals surface area contributed by atoms with Crippen molar-refractivity contribution >= 4 is 35.0 Å². The van der Waals surface area contributed by atoms with Crippen LogP contribution in [0.2, 0.25) is 10.0 Å². The summed E-state index contributed by atoms with van der Waals surface area (Å²) < 4.78 is 0. The number of halogens is 2. The number of carbonyl (C=O) groups excluding carboxylic acids is 2. The summed E-state index contributed by atoms with van der Waals surface area (Å²) in [6, 6.07) is 13.8. The first kappa shape index (κ1) is 19.3. The summed E-state index contributed by atoms with van der Waals surface area (Å²) in [7, 11) is 1.55. The molecule has 1 unspecified atom stereocenters. The van der Waals surface area contributed by atoms with Gasteiger partial charge in [0.1, 0.15) is 6.04 Å². The van der Waals surface area contributed by atoms with Gasteiger partial charge in [-0.3, -0.25) is 9.59 Å². The van der Waals surface area contributed by atoms with Crippen molar-refractivity contribution < 1.29 is 9.59 Å². The second kappa shape index (κ2) is 8.88. The Morgan fingerprint density at radius 2 is 1.60 bits per heavy atom. The molecule has 0 saturated carbocycles. The zero-order chi connectivity index (χ0) is 18.4. The summed E-state index contributed by atoms with van der Waals surface area (Å²) >= 11 is 12.0. The van der Waals surface area contributed by atoms with Gasteiger partial charge in [-0.15, -0.1) is 0 Å². The fourth-order valence-corrected chi connectivity index (χ4v) is 2.97. The van der Waals surface area contributed by atoms with Gasteiger partial charge in [0, 0.05) is 23.6 Å². The van der Waals surface area contributed by atoms with E-state index in [1.807, 2.05) is 18.2 Å². The van der Waals surface area contributed by atoms with E-state index in [0.29, 0.717) is 16.6 Å². The van der Waals surface area contributed by atoms with Crippen molar-refractivity contribution in [3.05, 3.63) is 69.7 Å². The minimum Gasteiger partial charge on any atom is -0.357 e. The molecule has 1 atom stereocenters. The highest BCUT2D eigenvalue weighted by atomic mass is 35.5. The summed E-state index contributed by atoms with van der Waals surface area (Å²) in [4.78, 5) is 26.5. The lowest BCUT2D eigenvalue weighted by Crippen LogP contribution is -2.47. The molecule has 0 aliphatic rings. The zero-order valence-electron chi connectivity index (χ0n) is 14.1. The number of hydrogen-bond donors (Lipinski definition) is 1. The summed E-state index contributed by atoms with van der Waals surface area (Å²) in [5.41, 5.74) is 1.67. The van der Waals surface area contributed by atoms with E-state index in [1.165, 1.54) is 0 Å². The third kappa shape index (κ3) is 5.48. The maximum Gasteiger partial charge on any atom is 0.242 e. The van der Waals surface area contributed by atoms with Crippen molar-refractivity contribution in [3.63, 3.8) is 0 Å². The number of likely N-dealkylation sites (N-methyl/N-ethyl adjacent to an activating group) is 1. The molecule has 0 aliphatic carbocycles. The van der Waals surface area contributed by atoms with Crippen molar-refractivity contribution in [2.45, 2.75) is 25.9 Å². The molecule has 0 spiro atoms. The van der Waals surface area contributed by atoms with Crippen LogP contribution in [0.1, 0.15) is 18.1 Å². The van der Waals surface area contributed by atoms with Crippen LogP contribution < -0.4 is 5.32 Å². The van der Waals surface area contributed by atoms with Crippen LogP contribution in [-0.2, 0) is 22.6 Å². The Morgan fingerprint density at radius 1 is 1.04 bits per heavy atom. The summed E-state index contributed by atoms with van der Waals surface area (Å²) in [5, 5.41) is 3.76. The van der Waals surface area contributed by atoms with E-state index in [0.717, 1.165) is 11.1 Å². The minimum atomic E-state index is -0.601. The average Bonchev–Trinajstić information content (AvgIpc) is 2.58. The molecule has 0 radical (unpaired) electrons. The van der Waals surface area contributed by atoms with Crippen molar-refractivity contribution in [3.8, 4) is 0 Å². The molecule has 6 heteroatoms. The number of amides is 2. The third-order valence-electron chi connectivity index (χ3n) is 3.90. The van der Waals surface area contributed by atoms with Gasteiger partial charge in [0.15, 0.2) is 0 Å². The van der Waals surface area contributed by atoms with Gasteiger partial charge in [0.25, 0.3) is 0 Å². The number of benzene rings is 2. The van der Waals surface area contributed by atoms with Crippen LogP contribution in [0.4, 0.5) is 0 Å². The molecule has 1 N–H and O–H groups in total. The van der Waals surface area contributed by atoms with Gasteiger partial charge in [0.2, 0.25) is 11.8 Å². The van der Waals surface area contributed by atoms with Crippen LogP contribution >= 0.6 is 23.2 Å². The number of nitrogens with zero attached hydrogens (tertiary/aromatic N) is 1. The van der Waals surface area contributed by atoms with Gasteiger partial charge in [-0.2, -0.15) is 0 Å². The molecule has 0 aliphatic heterocycles. The number of carbonyl (C=O) groups is 2. The Morgan fingerprint density at radius 3 is 2.16 bits per heavy atom. The average molecular weight is 379 g/mol. The van der Waals surface area contributed by atoms with Crippen molar-refractivity contribution in [1.29, 1.82) is 0 Å². The van der Waals surface area contributed by atoms with Gasteiger partial charge in [-0.1, -0.05) is 47.5 Å². The highest BCUT2D eigenvalue weighted by molar-refractivity contribution is 6.30. The molecule has 0 fully saturated rings. The number of rotatable bonds is 6. The molecule has 0 aromatic heterocycles. The van der Waals surface area contributed by atoms with Crippen LogP contribution in [0.15, 0.2) is 48.5 Å². The lowest BCUT2D eigenvalue weighted by molar-refractivity contribution is -0.139. The van der Waals surface area contributed by atoms with E-state index in [1.54, 1.807) is 49.2 Å². The van der Waals surface area contributed by atoms with Crippen molar-refractivity contribution in [2.75, 3.05) is 7.05 Å². The molecular formula is C19H20Cl2N2O2. The molecule has 0 heterocycles. The van der Waals surface area contributed by atoms with E-state index in [2.05, 4.69) is 5.32 Å². The van der Waals surface area contributed by atoms with Gasteiger partial charge < -0.3 is 10.2 Å². The first-order valence-corrected chi connectivity index (χ1v) is 8.66. The van der Waals surface area contributed by atoms with Gasteiger partial charge >= 0.3 is 0 Å².